The maximum Gasteiger partial charge on any atom is 0.264 e. The number of halogens is 3. The van der Waals surface area contributed by atoms with Gasteiger partial charge < -0.3 is 15.0 Å². The van der Waals surface area contributed by atoms with Gasteiger partial charge in [0.25, 0.3) is 10.0 Å². The summed E-state index contributed by atoms with van der Waals surface area (Å²) in [4.78, 5) is 28.3. The molecule has 0 saturated carbocycles. The number of sulfonamides is 1. The van der Waals surface area contributed by atoms with Crippen LogP contribution in [0, 0.1) is 5.82 Å². The lowest BCUT2D eigenvalue weighted by Crippen LogP contribution is -2.52. The van der Waals surface area contributed by atoms with Crippen LogP contribution in [0.3, 0.4) is 0 Å². The molecule has 0 spiro atoms. The summed E-state index contributed by atoms with van der Waals surface area (Å²) in [5.74, 6) is -1.18. The van der Waals surface area contributed by atoms with E-state index in [1.54, 1.807) is 26.0 Å². The molecule has 0 aliphatic heterocycles. The summed E-state index contributed by atoms with van der Waals surface area (Å²) in [6.07, 6.45) is 0.675. The van der Waals surface area contributed by atoms with Crippen LogP contribution in [-0.2, 0) is 26.2 Å². The first-order valence-corrected chi connectivity index (χ1v) is 15.6. The molecule has 1 N–H and O–H groups in total. The van der Waals surface area contributed by atoms with E-state index in [1.165, 1.54) is 47.4 Å². The van der Waals surface area contributed by atoms with Crippen LogP contribution in [-0.4, -0.2) is 50.4 Å². The summed E-state index contributed by atoms with van der Waals surface area (Å²) in [5, 5.41) is 3.55. The van der Waals surface area contributed by atoms with E-state index in [1.807, 2.05) is 13.8 Å². The fourth-order valence-corrected chi connectivity index (χ4v) is 5.90. The highest BCUT2D eigenvalue weighted by atomic mass is 35.5. The third-order valence-corrected chi connectivity index (χ3v) is 9.02. The van der Waals surface area contributed by atoms with Crippen molar-refractivity contribution in [3.63, 3.8) is 0 Å². The number of carbonyl (C=O) groups is 2. The van der Waals surface area contributed by atoms with Crippen LogP contribution < -0.4 is 14.4 Å². The monoisotopic (exact) mass is 637 g/mol. The first-order valence-electron chi connectivity index (χ1n) is 13.4. The van der Waals surface area contributed by atoms with Gasteiger partial charge in [-0.15, -0.1) is 0 Å². The predicted molar refractivity (Wildman–Crippen MR) is 163 cm³/mol. The number of nitrogens with zero attached hydrogens (tertiary/aromatic N) is 2. The highest BCUT2D eigenvalue weighted by molar-refractivity contribution is 7.92. The summed E-state index contributed by atoms with van der Waals surface area (Å²) in [5.41, 5.74) is 0.583. The van der Waals surface area contributed by atoms with Gasteiger partial charge in [0.2, 0.25) is 11.8 Å². The molecule has 0 bridgehead atoms. The maximum absolute atomic E-state index is 14.0. The van der Waals surface area contributed by atoms with Crippen LogP contribution in [0.4, 0.5) is 10.1 Å². The van der Waals surface area contributed by atoms with E-state index in [0.717, 1.165) is 16.4 Å². The van der Waals surface area contributed by atoms with Gasteiger partial charge in [0.15, 0.2) is 0 Å². The average Bonchev–Trinajstić information content (AvgIpc) is 2.96. The fraction of sp³-hybridized carbons (Fsp3) is 0.333. The second-order valence-corrected chi connectivity index (χ2v) is 12.3. The van der Waals surface area contributed by atoms with Crippen molar-refractivity contribution in [3.05, 3.63) is 88.2 Å². The fourth-order valence-electron chi connectivity index (χ4n) is 4.02. The molecule has 3 rings (SSSR count). The van der Waals surface area contributed by atoms with E-state index >= 15 is 0 Å². The van der Waals surface area contributed by atoms with Crippen LogP contribution in [0.2, 0.25) is 10.0 Å². The Balaban J connectivity index is 2.04. The molecule has 0 heterocycles. The number of hydrogen-bond acceptors (Lipinski definition) is 5. The predicted octanol–water partition coefficient (Wildman–Crippen LogP) is 6.06. The quantitative estimate of drug-likeness (QED) is 0.246. The van der Waals surface area contributed by atoms with Gasteiger partial charge in [0.1, 0.15) is 24.2 Å². The smallest absolute Gasteiger partial charge is 0.264 e. The first kappa shape index (κ1) is 33.2. The van der Waals surface area contributed by atoms with E-state index in [4.69, 9.17) is 27.9 Å². The molecular weight excluding hydrogens is 604 g/mol. The third kappa shape index (κ3) is 8.36. The number of ether oxygens (including phenoxy) is 1. The number of hydrogen-bond donors (Lipinski definition) is 1. The van der Waals surface area contributed by atoms with Crippen LogP contribution in [0.15, 0.2) is 71.6 Å². The number of nitrogens with one attached hydrogen (secondary N) is 1. The molecule has 226 valence electrons. The zero-order valence-electron chi connectivity index (χ0n) is 23.8. The van der Waals surface area contributed by atoms with Gasteiger partial charge in [-0.2, -0.15) is 0 Å². The SMILES string of the molecule is CCOc1ccc(S(=O)(=O)N(CC(=O)N(Cc2ccc(Cl)cc2Cl)C(C)C(=O)NC(C)CC)c2ccc(F)cc2)cc1. The first-order chi connectivity index (χ1) is 19.9. The molecule has 0 radical (unpaired) electrons. The zero-order chi connectivity index (χ0) is 31.0. The van der Waals surface area contributed by atoms with Crippen molar-refractivity contribution < 1.29 is 27.1 Å². The molecule has 3 aromatic carbocycles. The minimum Gasteiger partial charge on any atom is -0.494 e. The summed E-state index contributed by atoms with van der Waals surface area (Å²) in [6, 6.07) is 14.2. The van der Waals surface area contributed by atoms with E-state index < -0.39 is 40.2 Å². The number of anilines is 1. The summed E-state index contributed by atoms with van der Waals surface area (Å²) in [6.45, 7) is 6.75. The lowest BCUT2D eigenvalue weighted by Gasteiger charge is -2.32. The Kier molecular flexibility index (Phi) is 11.6. The van der Waals surface area contributed by atoms with Crippen molar-refractivity contribution in [1.82, 2.24) is 10.2 Å². The number of benzene rings is 3. The summed E-state index contributed by atoms with van der Waals surface area (Å²) >= 11 is 12.4. The molecule has 0 fully saturated rings. The van der Waals surface area contributed by atoms with Crippen molar-refractivity contribution >= 4 is 50.7 Å². The largest absolute Gasteiger partial charge is 0.494 e. The average molecular weight is 639 g/mol. The number of rotatable bonds is 13. The summed E-state index contributed by atoms with van der Waals surface area (Å²) in [7, 11) is -4.32. The van der Waals surface area contributed by atoms with Gasteiger partial charge in [-0.25, -0.2) is 12.8 Å². The van der Waals surface area contributed by atoms with Gasteiger partial charge in [-0.3, -0.25) is 13.9 Å². The molecule has 42 heavy (non-hydrogen) atoms. The topological polar surface area (TPSA) is 96.0 Å². The van der Waals surface area contributed by atoms with E-state index in [2.05, 4.69) is 5.32 Å². The Hall–Kier alpha value is -3.34. The van der Waals surface area contributed by atoms with Crippen LogP contribution in [0.25, 0.3) is 0 Å². The van der Waals surface area contributed by atoms with Crippen molar-refractivity contribution in [1.29, 1.82) is 0 Å². The Morgan fingerprint density at radius 2 is 1.62 bits per heavy atom. The van der Waals surface area contributed by atoms with Gasteiger partial charge in [0, 0.05) is 22.6 Å². The molecular formula is C30H34Cl2FN3O5S. The highest BCUT2D eigenvalue weighted by Crippen LogP contribution is 2.27. The van der Waals surface area contributed by atoms with Crippen LogP contribution in [0.5, 0.6) is 5.75 Å². The van der Waals surface area contributed by atoms with Crippen LogP contribution >= 0.6 is 23.2 Å². The van der Waals surface area contributed by atoms with Crippen molar-refractivity contribution in [2.24, 2.45) is 0 Å². The second-order valence-electron chi connectivity index (χ2n) is 9.64. The normalized spacial score (nSPS) is 12.7. The van der Waals surface area contributed by atoms with Crippen LogP contribution in [0.1, 0.15) is 39.7 Å². The van der Waals surface area contributed by atoms with Gasteiger partial charge in [-0.05, 0) is 93.4 Å². The molecule has 0 aromatic heterocycles. The van der Waals surface area contributed by atoms with Gasteiger partial charge >= 0.3 is 0 Å². The number of carbonyl (C=O) groups excluding carboxylic acids is 2. The van der Waals surface area contributed by atoms with Gasteiger partial charge in [0.05, 0.1) is 17.2 Å². The number of amides is 2. The third-order valence-electron chi connectivity index (χ3n) is 6.64. The van der Waals surface area contributed by atoms with Gasteiger partial charge in [-0.1, -0.05) is 36.2 Å². The molecule has 0 aliphatic carbocycles. The molecule has 12 heteroatoms. The molecule has 2 amide bonds. The van der Waals surface area contributed by atoms with Crippen molar-refractivity contribution in [3.8, 4) is 5.75 Å². The highest BCUT2D eigenvalue weighted by Gasteiger charge is 2.33. The molecule has 2 unspecified atom stereocenters. The van der Waals surface area contributed by atoms with E-state index in [0.29, 0.717) is 29.4 Å². The lowest BCUT2D eigenvalue weighted by molar-refractivity contribution is -0.139. The minimum atomic E-state index is -4.32. The molecule has 0 saturated heterocycles. The molecule has 0 aliphatic rings. The Morgan fingerprint density at radius 1 is 0.976 bits per heavy atom. The van der Waals surface area contributed by atoms with Crippen molar-refractivity contribution in [2.75, 3.05) is 17.5 Å². The van der Waals surface area contributed by atoms with E-state index in [-0.39, 0.29) is 28.2 Å². The minimum absolute atomic E-state index is 0.0693. The standard InChI is InChI=1S/C30H34Cl2FN3O5S/c1-5-20(3)34-30(38)21(4)35(18-22-7-8-23(31)17-28(22)32)29(37)19-36(25-11-9-24(33)10-12-25)42(39,40)27-15-13-26(14-16-27)41-6-2/h7-17,20-21H,5-6,18-19H2,1-4H3,(H,34,38). The molecule has 2 atom stereocenters. The Labute approximate surface area is 256 Å². The Bertz CT molecular complexity index is 1490. The Morgan fingerprint density at radius 3 is 2.19 bits per heavy atom. The zero-order valence-corrected chi connectivity index (χ0v) is 26.1. The summed E-state index contributed by atoms with van der Waals surface area (Å²) < 4.78 is 47.9. The van der Waals surface area contributed by atoms with Crippen molar-refractivity contribution in [2.45, 2.75) is 57.6 Å². The lowest BCUT2D eigenvalue weighted by atomic mass is 10.1. The second kappa shape index (κ2) is 14.7. The van der Waals surface area contributed by atoms with E-state index in [9.17, 15) is 22.4 Å². The molecule has 3 aromatic rings. The molecule has 8 nitrogen and oxygen atoms in total. The maximum atomic E-state index is 14.0.